The number of amides is 1. The van der Waals surface area contributed by atoms with E-state index in [4.69, 9.17) is 5.73 Å². The molecule has 0 saturated heterocycles. The standard InChI is InChI=1S/C12H18N2OS.ClH/c1-9-4-5-10(16-9)11(15)14-12(8-13)6-2-3-7-12;/h4-5H,2-3,6-8,13H2,1H3,(H,14,15);1H. The van der Waals surface area contributed by atoms with Crippen molar-refractivity contribution in [3.63, 3.8) is 0 Å². The van der Waals surface area contributed by atoms with Gasteiger partial charge in [0.15, 0.2) is 0 Å². The van der Waals surface area contributed by atoms with Crippen LogP contribution in [0, 0.1) is 6.92 Å². The van der Waals surface area contributed by atoms with Crippen LogP contribution >= 0.6 is 23.7 Å². The third kappa shape index (κ3) is 3.21. The quantitative estimate of drug-likeness (QED) is 0.890. The van der Waals surface area contributed by atoms with E-state index in [1.807, 2.05) is 19.1 Å². The van der Waals surface area contributed by atoms with Crippen molar-refractivity contribution >= 4 is 29.7 Å². The Kier molecular flexibility index (Phi) is 4.98. The predicted molar refractivity (Wildman–Crippen MR) is 74.0 cm³/mol. The molecule has 1 aliphatic rings. The summed E-state index contributed by atoms with van der Waals surface area (Å²) < 4.78 is 0. The minimum Gasteiger partial charge on any atom is -0.345 e. The molecule has 1 saturated carbocycles. The largest absolute Gasteiger partial charge is 0.345 e. The summed E-state index contributed by atoms with van der Waals surface area (Å²) in [5.74, 6) is 0.0328. The fraction of sp³-hybridized carbons (Fsp3) is 0.583. The molecule has 1 aromatic rings. The molecule has 0 atom stereocenters. The number of hydrogen-bond acceptors (Lipinski definition) is 3. The van der Waals surface area contributed by atoms with Crippen molar-refractivity contribution in [1.29, 1.82) is 0 Å². The molecule has 0 aromatic carbocycles. The van der Waals surface area contributed by atoms with Crippen LogP contribution in [-0.2, 0) is 0 Å². The summed E-state index contributed by atoms with van der Waals surface area (Å²) in [6, 6.07) is 3.86. The van der Waals surface area contributed by atoms with Crippen LogP contribution in [0.4, 0.5) is 0 Å². The summed E-state index contributed by atoms with van der Waals surface area (Å²) in [6.07, 6.45) is 4.36. The fourth-order valence-corrected chi connectivity index (χ4v) is 3.05. The lowest BCUT2D eigenvalue weighted by atomic mass is 9.98. The maximum Gasteiger partial charge on any atom is 0.261 e. The number of hydrogen-bond donors (Lipinski definition) is 2. The molecule has 96 valence electrons. The Labute approximate surface area is 112 Å². The lowest BCUT2D eigenvalue weighted by Crippen LogP contribution is -2.51. The van der Waals surface area contributed by atoms with E-state index in [-0.39, 0.29) is 23.9 Å². The molecule has 2 rings (SSSR count). The van der Waals surface area contributed by atoms with E-state index in [9.17, 15) is 4.79 Å². The van der Waals surface area contributed by atoms with E-state index in [2.05, 4.69) is 5.32 Å². The first kappa shape index (κ1) is 14.5. The second kappa shape index (κ2) is 5.85. The van der Waals surface area contributed by atoms with Gasteiger partial charge in [-0.25, -0.2) is 0 Å². The summed E-state index contributed by atoms with van der Waals surface area (Å²) in [5.41, 5.74) is 5.65. The molecule has 0 unspecified atom stereocenters. The number of halogens is 1. The Morgan fingerprint density at radius 3 is 2.59 bits per heavy atom. The Hall–Kier alpha value is -0.580. The lowest BCUT2D eigenvalue weighted by molar-refractivity contribution is 0.0907. The van der Waals surface area contributed by atoms with Crippen LogP contribution in [0.25, 0.3) is 0 Å². The highest BCUT2D eigenvalue weighted by molar-refractivity contribution is 7.13. The summed E-state index contributed by atoms with van der Waals surface area (Å²) in [6.45, 7) is 2.55. The molecule has 1 aromatic heterocycles. The Balaban J connectivity index is 0.00000144. The number of carbonyl (C=O) groups is 1. The summed E-state index contributed by atoms with van der Waals surface area (Å²) in [5, 5.41) is 3.12. The van der Waals surface area contributed by atoms with E-state index in [0.29, 0.717) is 6.54 Å². The molecule has 0 aliphatic heterocycles. The number of carbonyl (C=O) groups excluding carboxylic acids is 1. The Bertz CT molecular complexity index is 386. The monoisotopic (exact) mass is 274 g/mol. The molecule has 0 bridgehead atoms. The predicted octanol–water partition coefficient (Wildman–Crippen LogP) is 2.48. The number of thiophene rings is 1. The van der Waals surface area contributed by atoms with Crippen molar-refractivity contribution in [1.82, 2.24) is 5.32 Å². The minimum atomic E-state index is -0.144. The Morgan fingerprint density at radius 1 is 1.47 bits per heavy atom. The van der Waals surface area contributed by atoms with Crippen molar-refractivity contribution in [2.45, 2.75) is 38.1 Å². The zero-order valence-electron chi connectivity index (χ0n) is 9.99. The minimum absolute atomic E-state index is 0. The van der Waals surface area contributed by atoms with Crippen molar-refractivity contribution < 1.29 is 4.79 Å². The molecule has 1 fully saturated rings. The lowest BCUT2D eigenvalue weighted by Gasteiger charge is -2.28. The first-order chi connectivity index (χ1) is 7.65. The van der Waals surface area contributed by atoms with Crippen LogP contribution in [-0.4, -0.2) is 18.0 Å². The molecule has 1 heterocycles. The maximum absolute atomic E-state index is 12.0. The highest BCUT2D eigenvalue weighted by Gasteiger charge is 2.34. The molecular formula is C12H19ClN2OS. The third-order valence-corrected chi connectivity index (χ3v) is 4.29. The van der Waals surface area contributed by atoms with Crippen LogP contribution in [0.1, 0.15) is 40.2 Å². The van der Waals surface area contributed by atoms with Gasteiger partial charge in [-0.2, -0.15) is 0 Å². The van der Waals surface area contributed by atoms with Crippen LogP contribution in [0.15, 0.2) is 12.1 Å². The molecule has 3 N–H and O–H groups in total. The second-order valence-corrected chi connectivity index (χ2v) is 5.84. The SMILES string of the molecule is Cc1ccc(C(=O)NC2(CN)CCCC2)s1.Cl. The zero-order valence-corrected chi connectivity index (χ0v) is 11.6. The summed E-state index contributed by atoms with van der Waals surface area (Å²) in [4.78, 5) is 14.0. The number of nitrogens with one attached hydrogen (secondary N) is 1. The van der Waals surface area contributed by atoms with Gasteiger partial charge in [0.05, 0.1) is 10.4 Å². The number of rotatable bonds is 3. The van der Waals surface area contributed by atoms with Crippen LogP contribution < -0.4 is 11.1 Å². The van der Waals surface area contributed by atoms with Crippen LogP contribution in [0.2, 0.25) is 0 Å². The van der Waals surface area contributed by atoms with Crippen molar-refractivity contribution in [2.75, 3.05) is 6.54 Å². The third-order valence-electron chi connectivity index (χ3n) is 3.29. The first-order valence-corrected chi connectivity index (χ1v) is 6.56. The van der Waals surface area contributed by atoms with Crippen molar-refractivity contribution in [2.24, 2.45) is 5.73 Å². The zero-order chi connectivity index (χ0) is 11.6. The topological polar surface area (TPSA) is 55.1 Å². The van der Waals surface area contributed by atoms with Crippen molar-refractivity contribution in [3.05, 3.63) is 21.9 Å². The molecule has 0 spiro atoms. The average molecular weight is 275 g/mol. The van der Waals surface area contributed by atoms with Gasteiger partial charge in [-0.1, -0.05) is 12.8 Å². The molecule has 3 nitrogen and oxygen atoms in total. The molecule has 5 heteroatoms. The second-order valence-electron chi connectivity index (χ2n) is 4.56. The van der Waals surface area contributed by atoms with Gasteiger partial charge in [-0.05, 0) is 31.9 Å². The van der Waals surface area contributed by atoms with E-state index >= 15 is 0 Å². The molecule has 1 amide bonds. The molecule has 1 aliphatic carbocycles. The van der Waals surface area contributed by atoms with Crippen molar-refractivity contribution in [3.8, 4) is 0 Å². The highest BCUT2D eigenvalue weighted by atomic mass is 35.5. The summed E-state index contributed by atoms with van der Waals surface area (Å²) in [7, 11) is 0. The van der Waals surface area contributed by atoms with E-state index in [0.717, 1.165) is 17.7 Å². The van der Waals surface area contributed by atoms with Crippen LogP contribution in [0.5, 0.6) is 0 Å². The van der Waals surface area contributed by atoms with Gasteiger partial charge in [0, 0.05) is 11.4 Å². The highest BCUT2D eigenvalue weighted by Crippen LogP contribution is 2.29. The number of aryl methyl sites for hydroxylation is 1. The Morgan fingerprint density at radius 2 is 2.12 bits per heavy atom. The van der Waals surface area contributed by atoms with Gasteiger partial charge >= 0.3 is 0 Å². The van der Waals surface area contributed by atoms with E-state index in [1.54, 1.807) is 0 Å². The molecular weight excluding hydrogens is 256 g/mol. The number of nitrogens with two attached hydrogens (primary N) is 1. The van der Waals surface area contributed by atoms with Crippen LogP contribution in [0.3, 0.4) is 0 Å². The van der Waals surface area contributed by atoms with Gasteiger partial charge in [0.1, 0.15) is 0 Å². The summed E-state index contributed by atoms with van der Waals surface area (Å²) >= 11 is 1.54. The molecule has 0 radical (unpaired) electrons. The van der Waals surface area contributed by atoms with Gasteiger partial charge in [-0.15, -0.1) is 23.7 Å². The van der Waals surface area contributed by atoms with Gasteiger partial charge in [0.2, 0.25) is 0 Å². The molecule has 17 heavy (non-hydrogen) atoms. The maximum atomic E-state index is 12.0. The first-order valence-electron chi connectivity index (χ1n) is 5.74. The van der Waals surface area contributed by atoms with E-state index < -0.39 is 0 Å². The van der Waals surface area contributed by atoms with E-state index in [1.165, 1.54) is 29.1 Å². The fourth-order valence-electron chi connectivity index (χ4n) is 2.29. The van der Waals surface area contributed by atoms with Gasteiger partial charge in [-0.3, -0.25) is 4.79 Å². The van der Waals surface area contributed by atoms with Gasteiger partial charge in [0.25, 0.3) is 5.91 Å². The smallest absolute Gasteiger partial charge is 0.261 e. The normalized spacial score (nSPS) is 17.5. The average Bonchev–Trinajstić information content (AvgIpc) is 2.88. The van der Waals surface area contributed by atoms with Gasteiger partial charge < -0.3 is 11.1 Å².